The zero-order chi connectivity index (χ0) is 30.5. The van der Waals surface area contributed by atoms with E-state index in [9.17, 15) is 48.2 Å². The fourth-order valence-electron chi connectivity index (χ4n) is 5.16. The number of rotatable bonds is 11. The van der Waals surface area contributed by atoms with Gasteiger partial charge in [-0.3, -0.25) is 18.7 Å². The molecule has 2 aliphatic heterocycles. The van der Waals surface area contributed by atoms with E-state index in [-0.39, 0.29) is 24.5 Å². The molecule has 17 heteroatoms. The van der Waals surface area contributed by atoms with Crippen molar-refractivity contribution in [3.8, 4) is 5.75 Å². The third-order valence-corrected chi connectivity index (χ3v) is 12.4. The van der Waals surface area contributed by atoms with Gasteiger partial charge in [-0.25, -0.2) is 4.79 Å². The Hall–Kier alpha value is -2.64. The number of fused-ring (bicyclic) bond motifs is 2. The summed E-state index contributed by atoms with van der Waals surface area (Å²) in [5, 5.41) is 13.6. The number of hydrogen-bond acceptors (Lipinski definition) is 8. The van der Waals surface area contributed by atoms with Crippen molar-refractivity contribution in [2.75, 3.05) is 18.5 Å². The molecule has 3 unspecified atom stereocenters. The van der Waals surface area contributed by atoms with Crippen molar-refractivity contribution in [3.63, 3.8) is 0 Å². The average molecular weight is 632 g/mol. The quantitative estimate of drug-likeness (QED) is 0.139. The number of carboxylic acids is 1. The minimum Gasteiger partial charge on any atom is -0.493 e. The molecule has 0 bridgehead atoms. The van der Waals surface area contributed by atoms with E-state index in [2.05, 4.69) is 10.6 Å². The number of benzene rings is 2. The third-order valence-electron chi connectivity index (χ3n) is 6.98. The Morgan fingerprint density at radius 3 is 2.34 bits per heavy atom. The zero-order valence-corrected chi connectivity index (χ0v) is 24.9. The lowest BCUT2D eigenvalue weighted by atomic mass is 9.95. The summed E-state index contributed by atoms with van der Waals surface area (Å²) in [6, 6.07) is 6.25. The number of amides is 2. The lowest BCUT2D eigenvalue weighted by Crippen LogP contribution is -2.70. The number of β-lactam (4-membered cyclic amide) rings is 1. The van der Waals surface area contributed by atoms with E-state index >= 15 is 0 Å². The molecule has 0 aliphatic carbocycles. The van der Waals surface area contributed by atoms with Crippen molar-refractivity contribution >= 4 is 61.2 Å². The van der Waals surface area contributed by atoms with E-state index in [1.165, 1.54) is 16.7 Å². The summed E-state index contributed by atoms with van der Waals surface area (Å²) in [5.74, 6) is -2.00. The summed E-state index contributed by atoms with van der Waals surface area (Å²) >= 11 is 1.30. The molecular formula is C24H31N3O11P2S. The van der Waals surface area contributed by atoms with Crippen LogP contribution in [0.1, 0.15) is 37.6 Å². The Morgan fingerprint density at radius 2 is 1.76 bits per heavy atom. The fourth-order valence-corrected chi connectivity index (χ4v) is 9.28. The summed E-state index contributed by atoms with van der Waals surface area (Å²) < 4.78 is 28.1. The van der Waals surface area contributed by atoms with Crippen LogP contribution in [-0.4, -0.2) is 88.1 Å². The standard InChI is InChI=1S/C24H31N3O11P2S/c1-4-38-15-8-6-12-5-7-13(25-10-9-16(39(32,33)34)40(35,36)37)11-14(12)17(15)20(28)26-18-21(29)27-19(23(30)31)24(2,3)41-22(18)27/h5-8,11,16,18-19,22,25H,4,9-10H2,1-3H3,(H,26,28)(H,30,31)(H2,32,33,34)(H2,35,36,37). The summed E-state index contributed by atoms with van der Waals surface area (Å²) in [6.45, 7) is 5.24. The highest BCUT2D eigenvalue weighted by Gasteiger charge is 2.64. The smallest absolute Gasteiger partial charge is 0.340 e. The Balaban J connectivity index is 1.60. The maximum Gasteiger partial charge on any atom is 0.340 e. The van der Waals surface area contributed by atoms with Crippen LogP contribution < -0.4 is 15.4 Å². The Kier molecular flexibility index (Phi) is 8.56. The lowest BCUT2D eigenvalue weighted by Gasteiger charge is -2.43. The summed E-state index contributed by atoms with van der Waals surface area (Å²) in [5.41, 5.74) is 0.526. The molecule has 4 rings (SSSR count). The van der Waals surface area contributed by atoms with Crippen molar-refractivity contribution in [2.24, 2.45) is 0 Å². The minimum absolute atomic E-state index is 0.125. The number of aliphatic carboxylic acids is 1. The molecule has 2 fully saturated rings. The van der Waals surface area contributed by atoms with Gasteiger partial charge in [-0.05, 0) is 50.8 Å². The molecular weight excluding hydrogens is 600 g/mol. The molecule has 14 nitrogen and oxygen atoms in total. The molecule has 0 saturated carbocycles. The van der Waals surface area contributed by atoms with Crippen LogP contribution in [0.2, 0.25) is 0 Å². The number of anilines is 1. The summed E-state index contributed by atoms with van der Waals surface area (Å²) in [4.78, 5) is 77.0. The first kappa shape index (κ1) is 31.3. The third kappa shape index (κ3) is 6.12. The van der Waals surface area contributed by atoms with Gasteiger partial charge in [0.2, 0.25) is 5.91 Å². The number of ether oxygens (including phenoxy) is 1. The van der Waals surface area contributed by atoms with Crippen LogP contribution >= 0.6 is 27.0 Å². The number of nitrogens with zero attached hydrogens (tertiary/aromatic N) is 1. The minimum atomic E-state index is -5.07. The first-order valence-electron chi connectivity index (χ1n) is 12.5. The fraction of sp³-hybridized carbons (Fsp3) is 0.458. The molecule has 2 saturated heterocycles. The summed E-state index contributed by atoms with van der Waals surface area (Å²) in [7, 11) is -10.1. The highest BCUT2D eigenvalue weighted by Crippen LogP contribution is 2.61. The molecule has 3 atom stereocenters. The van der Waals surface area contributed by atoms with Crippen molar-refractivity contribution in [1.82, 2.24) is 10.2 Å². The highest BCUT2D eigenvalue weighted by molar-refractivity contribution is 8.01. The Labute approximate surface area is 239 Å². The van der Waals surface area contributed by atoms with Crippen molar-refractivity contribution in [1.29, 1.82) is 0 Å². The molecule has 2 amide bonds. The van der Waals surface area contributed by atoms with Gasteiger partial charge in [-0.15, -0.1) is 11.8 Å². The molecule has 2 aromatic rings. The first-order valence-corrected chi connectivity index (χ1v) is 16.8. The molecule has 2 aromatic carbocycles. The van der Waals surface area contributed by atoms with Crippen LogP contribution in [-0.2, 0) is 18.7 Å². The van der Waals surface area contributed by atoms with Crippen LogP contribution in [0.4, 0.5) is 5.69 Å². The Morgan fingerprint density at radius 1 is 1.12 bits per heavy atom. The van der Waals surface area contributed by atoms with E-state index in [0.717, 1.165) is 0 Å². The largest absolute Gasteiger partial charge is 0.493 e. The van der Waals surface area contributed by atoms with Crippen molar-refractivity contribution in [3.05, 3.63) is 35.9 Å². The number of carboxylic acid groups (broad SMARTS) is 1. The van der Waals surface area contributed by atoms with Crippen LogP contribution in [0, 0.1) is 0 Å². The lowest BCUT2D eigenvalue weighted by molar-refractivity contribution is -0.159. The molecule has 224 valence electrons. The van der Waals surface area contributed by atoms with E-state index in [1.807, 2.05) is 0 Å². The summed E-state index contributed by atoms with van der Waals surface area (Å²) in [6.07, 6.45) is -0.522. The van der Waals surface area contributed by atoms with E-state index in [1.54, 1.807) is 51.1 Å². The number of hydrogen-bond donors (Lipinski definition) is 7. The van der Waals surface area contributed by atoms with Gasteiger partial charge in [0, 0.05) is 22.4 Å². The van der Waals surface area contributed by atoms with Gasteiger partial charge in [-0.2, -0.15) is 0 Å². The molecule has 0 aromatic heterocycles. The number of nitrogens with one attached hydrogen (secondary N) is 2. The predicted molar refractivity (Wildman–Crippen MR) is 151 cm³/mol. The van der Waals surface area contributed by atoms with Crippen molar-refractivity contribution in [2.45, 2.75) is 54.8 Å². The van der Waals surface area contributed by atoms with Crippen LogP contribution in [0.15, 0.2) is 30.3 Å². The maximum absolute atomic E-state index is 13.6. The molecule has 2 heterocycles. The number of carbonyl (C=O) groups excluding carboxylic acids is 2. The van der Waals surface area contributed by atoms with Gasteiger partial charge in [0.15, 0.2) is 5.40 Å². The predicted octanol–water partition coefficient (Wildman–Crippen LogP) is 1.97. The van der Waals surface area contributed by atoms with Gasteiger partial charge in [-0.1, -0.05) is 12.1 Å². The van der Waals surface area contributed by atoms with Gasteiger partial charge >= 0.3 is 21.2 Å². The number of carbonyl (C=O) groups is 3. The van der Waals surface area contributed by atoms with E-state index in [4.69, 9.17) is 4.74 Å². The molecule has 2 aliphatic rings. The van der Waals surface area contributed by atoms with Gasteiger partial charge in [0.1, 0.15) is 23.2 Å². The molecule has 41 heavy (non-hydrogen) atoms. The van der Waals surface area contributed by atoms with Crippen LogP contribution in [0.3, 0.4) is 0 Å². The maximum atomic E-state index is 13.6. The van der Waals surface area contributed by atoms with E-state index in [0.29, 0.717) is 16.5 Å². The molecule has 0 spiro atoms. The topological polar surface area (TPSA) is 223 Å². The van der Waals surface area contributed by atoms with Crippen molar-refractivity contribution < 1.29 is 52.9 Å². The van der Waals surface area contributed by atoms with Gasteiger partial charge < -0.3 is 45.0 Å². The monoisotopic (exact) mass is 631 g/mol. The normalized spacial score (nSPS) is 21.9. The van der Waals surface area contributed by atoms with Crippen LogP contribution in [0.5, 0.6) is 5.75 Å². The SMILES string of the molecule is CCOc1ccc2ccc(NCCC(P(=O)(O)O)P(=O)(O)O)cc2c1C(=O)NC1C(=O)N2C1SC(C)(C)C2C(=O)O. The average Bonchev–Trinajstić information content (AvgIpc) is 3.11. The second kappa shape index (κ2) is 11.2. The second-order valence-corrected chi connectivity index (χ2v) is 16.0. The van der Waals surface area contributed by atoms with Crippen LogP contribution in [0.25, 0.3) is 10.8 Å². The molecule has 0 radical (unpaired) electrons. The number of thioether (sulfide) groups is 1. The first-order chi connectivity index (χ1) is 19.0. The van der Waals surface area contributed by atoms with Gasteiger partial charge in [0.25, 0.3) is 5.91 Å². The zero-order valence-electron chi connectivity index (χ0n) is 22.3. The van der Waals surface area contributed by atoms with Gasteiger partial charge in [0.05, 0.1) is 12.2 Å². The van der Waals surface area contributed by atoms with E-state index < -0.39 is 67.0 Å². The molecule has 7 N–H and O–H groups in total. The Bertz CT molecular complexity index is 1470. The second-order valence-electron chi connectivity index (χ2n) is 10.2. The highest BCUT2D eigenvalue weighted by atomic mass is 32.2.